The molecular weight excluding hydrogens is 244 g/mol. The molecule has 1 aromatic rings. The second kappa shape index (κ2) is 8.47. The zero-order valence-electron chi connectivity index (χ0n) is 9.60. The molecular formula is C12H13ClO4. The normalized spacial score (nSPS) is 8.65. The second-order valence-electron chi connectivity index (χ2n) is 3.08. The van der Waals surface area contributed by atoms with Crippen molar-refractivity contribution in [2.45, 2.75) is 13.3 Å². The smallest absolute Gasteiger partial charge is 0.309 e. The molecule has 0 amide bonds. The summed E-state index contributed by atoms with van der Waals surface area (Å²) in [6, 6.07) is 6.82. The summed E-state index contributed by atoms with van der Waals surface area (Å²) in [5.41, 5.74) is 1.45. The Labute approximate surface area is 105 Å². The molecule has 0 radical (unpaired) electrons. The van der Waals surface area contributed by atoms with Crippen molar-refractivity contribution in [3.05, 3.63) is 35.4 Å². The molecule has 0 atom stereocenters. The van der Waals surface area contributed by atoms with Gasteiger partial charge in [0.2, 0.25) is 5.24 Å². The number of carbonyl (C=O) groups is 3. The number of hydrogen-bond donors (Lipinski definition) is 0. The summed E-state index contributed by atoms with van der Waals surface area (Å²) in [5, 5.41) is -0.361. The van der Waals surface area contributed by atoms with Gasteiger partial charge in [-0.05, 0) is 17.2 Å². The fourth-order valence-corrected chi connectivity index (χ4v) is 0.953. The van der Waals surface area contributed by atoms with Crippen LogP contribution in [0.2, 0.25) is 0 Å². The van der Waals surface area contributed by atoms with Gasteiger partial charge in [-0.1, -0.05) is 24.3 Å². The van der Waals surface area contributed by atoms with E-state index in [0.717, 1.165) is 11.8 Å². The third-order valence-electron chi connectivity index (χ3n) is 1.69. The van der Waals surface area contributed by atoms with Crippen LogP contribution in [0.3, 0.4) is 0 Å². The lowest BCUT2D eigenvalue weighted by atomic mass is 10.1. The summed E-state index contributed by atoms with van der Waals surface area (Å²) < 4.78 is 4.50. The van der Waals surface area contributed by atoms with Crippen molar-refractivity contribution < 1.29 is 19.1 Å². The summed E-state index contributed by atoms with van der Waals surface area (Å²) in [5.74, 6) is -0.279. The highest BCUT2D eigenvalue weighted by Gasteiger charge is 2.01. The van der Waals surface area contributed by atoms with Gasteiger partial charge in [0.1, 0.15) is 6.29 Å². The molecule has 0 fully saturated rings. The molecule has 0 spiro atoms. The third-order valence-corrected chi connectivity index (χ3v) is 1.69. The maximum atomic E-state index is 10.8. The van der Waals surface area contributed by atoms with Crippen molar-refractivity contribution in [3.63, 3.8) is 0 Å². The Morgan fingerprint density at radius 2 is 1.76 bits per heavy atom. The molecule has 5 heteroatoms. The van der Waals surface area contributed by atoms with Gasteiger partial charge in [0.15, 0.2) is 0 Å². The van der Waals surface area contributed by atoms with Crippen LogP contribution in [-0.2, 0) is 20.7 Å². The minimum Gasteiger partial charge on any atom is -0.469 e. The molecule has 0 saturated heterocycles. The largest absolute Gasteiger partial charge is 0.469 e. The lowest BCUT2D eigenvalue weighted by molar-refractivity contribution is -0.139. The Kier molecular flexibility index (Phi) is 7.63. The highest BCUT2D eigenvalue weighted by molar-refractivity contribution is 6.62. The predicted octanol–water partition coefficient (Wildman–Crippen LogP) is 1.99. The summed E-state index contributed by atoms with van der Waals surface area (Å²) >= 11 is 4.64. The Morgan fingerprint density at radius 1 is 1.29 bits per heavy atom. The molecule has 92 valence electrons. The third kappa shape index (κ3) is 8.16. The lowest BCUT2D eigenvalue weighted by Gasteiger charge is -1.99. The molecule has 1 rings (SSSR count). The molecule has 0 N–H and O–H groups in total. The van der Waals surface area contributed by atoms with Crippen LogP contribution >= 0.6 is 11.6 Å². The Morgan fingerprint density at radius 3 is 2.12 bits per heavy atom. The minimum absolute atomic E-state index is 0.246. The van der Waals surface area contributed by atoms with E-state index in [1.54, 1.807) is 24.3 Å². The zero-order chi connectivity index (χ0) is 13.3. The van der Waals surface area contributed by atoms with Crippen LogP contribution in [0.4, 0.5) is 0 Å². The fourth-order valence-electron chi connectivity index (χ4n) is 0.953. The number of benzene rings is 1. The number of esters is 1. The standard InChI is InChI=1S/C10H10O3.C2H3ClO/c1-13-10(12)6-8-2-4-9(7-11)5-3-8;1-2(3)4/h2-5,7H,6H2,1H3;1H3. The first-order valence-corrected chi connectivity index (χ1v) is 5.14. The zero-order valence-corrected chi connectivity index (χ0v) is 10.4. The summed E-state index contributed by atoms with van der Waals surface area (Å²) in [4.78, 5) is 30.4. The molecule has 4 nitrogen and oxygen atoms in total. The van der Waals surface area contributed by atoms with Crippen molar-refractivity contribution in [1.29, 1.82) is 0 Å². The summed E-state index contributed by atoms with van der Waals surface area (Å²) in [7, 11) is 1.35. The highest BCUT2D eigenvalue weighted by Crippen LogP contribution is 2.03. The van der Waals surface area contributed by atoms with Gasteiger partial charge in [0, 0.05) is 12.5 Å². The van der Waals surface area contributed by atoms with Crippen LogP contribution in [0.15, 0.2) is 24.3 Å². The number of rotatable bonds is 3. The molecule has 0 aliphatic carbocycles. The van der Waals surface area contributed by atoms with E-state index in [-0.39, 0.29) is 17.6 Å². The first-order chi connectivity index (χ1) is 7.99. The second-order valence-corrected chi connectivity index (χ2v) is 3.61. The Balaban J connectivity index is 0.000000557. The van der Waals surface area contributed by atoms with Gasteiger partial charge in [-0.2, -0.15) is 0 Å². The van der Waals surface area contributed by atoms with E-state index in [1.165, 1.54) is 14.0 Å². The van der Waals surface area contributed by atoms with Gasteiger partial charge in [-0.15, -0.1) is 0 Å². The number of halogens is 1. The maximum Gasteiger partial charge on any atom is 0.309 e. The molecule has 0 aliphatic rings. The van der Waals surface area contributed by atoms with E-state index < -0.39 is 0 Å². The number of carbonyl (C=O) groups excluding carboxylic acids is 3. The van der Waals surface area contributed by atoms with Gasteiger partial charge in [-0.3, -0.25) is 14.4 Å². The monoisotopic (exact) mass is 256 g/mol. The molecule has 0 aromatic heterocycles. The van der Waals surface area contributed by atoms with Crippen LogP contribution in [0.25, 0.3) is 0 Å². The molecule has 0 aliphatic heterocycles. The van der Waals surface area contributed by atoms with Crippen molar-refractivity contribution >= 4 is 29.1 Å². The lowest BCUT2D eigenvalue weighted by Crippen LogP contribution is -2.04. The van der Waals surface area contributed by atoms with Gasteiger partial charge in [0.05, 0.1) is 13.5 Å². The number of aldehydes is 1. The number of methoxy groups -OCH3 is 1. The highest BCUT2D eigenvalue weighted by atomic mass is 35.5. The number of ether oxygens (including phenoxy) is 1. The molecule has 0 unspecified atom stereocenters. The first kappa shape index (κ1) is 15.3. The van der Waals surface area contributed by atoms with Crippen LogP contribution in [0.5, 0.6) is 0 Å². The molecule has 1 aromatic carbocycles. The van der Waals surface area contributed by atoms with E-state index in [0.29, 0.717) is 5.56 Å². The first-order valence-electron chi connectivity index (χ1n) is 4.76. The minimum atomic E-state index is -0.361. The van der Waals surface area contributed by atoms with Crippen LogP contribution in [-0.4, -0.2) is 24.6 Å². The van der Waals surface area contributed by atoms with Gasteiger partial charge >= 0.3 is 5.97 Å². The summed E-state index contributed by atoms with van der Waals surface area (Å²) in [6.45, 7) is 1.29. The van der Waals surface area contributed by atoms with Gasteiger partial charge in [0.25, 0.3) is 0 Å². The molecule has 0 heterocycles. The summed E-state index contributed by atoms with van der Waals surface area (Å²) in [6.07, 6.45) is 1.01. The van der Waals surface area contributed by atoms with Crippen molar-refractivity contribution in [3.8, 4) is 0 Å². The quantitative estimate of drug-likeness (QED) is 0.471. The van der Waals surface area contributed by atoms with E-state index in [4.69, 9.17) is 0 Å². The average Bonchev–Trinajstić information content (AvgIpc) is 2.29. The molecule has 0 saturated carbocycles. The van der Waals surface area contributed by atoms with Crippen molar-refractivity contribution in [2.24, 2.45) is 0 Å². The average molecular weight is 257 g/mol. The van der Waals surface area contributed by atoms with Crippen LogP contribution < -0.4 is 0 Å². The van der Waals surface area contributed by atoms with Crippen molar-refractivity contribution in [2.75, 3.05) is 7.11 Å². The SMILES string of the molecule is CC(=O)Cl.COC(=O)Cc1ccc(C=O)cc1. The van der Waals surface area contributed by atoms with E-state index in [2.05, 4.69) is 16.3 Å². The van der Waals surface area contributed by atoms with Crippen LogP contribution in [0, 0.1) is 0 Å². The predicted molar refractivity (Wildman–Crippen MR) is 64.1 cm³/mol. The molecule has 0 bridgehead atoms. The Bertz CT molecular complexity index is 380. The van der Waals surface area contributed by atoms with E-state index in [9.17, 15) is 14.4 Å². The molecule has 17 heavy (non-hydrogen) atoms. The van der Waals surface area contributed by atoms with Crippen molar-refractivity contribution in [1.82, 2.24) is 0 Å². The van der Waals surface area contributed by atoms with E-state index in [1.807, 2.05) is 0 Å². The van der Waals surface area contributed by atoms with Crippen LogP contribution in [0.1, 0.15) is 22.8 Å². The maximum absolute atomic E-state index is 10.8. The van der Waals surface area contributed by atoms with E-state index >= 15 is 0 Å². The fraction of sp³-hybridized carbons (Fsp3) is 0.250. The topological polar surface area (TPSA) is 60.4 Å². The Hall–Kier alpha value is -1.68. The van der Waals surface area contributed by atoms with Gasteiger partial charge in [-0.25, -0.2) is 0 Å². The van der Waals surface area contributed by atoms with Gasteiger partial charge < -0.3 is 4.74 Å². The number of hydrogen-bond acceptors (Lipinski definition) is 4.